The summed E-state index contributed by atoms with van der Waals surface area (Å²) in [5.41, 5.74) is 3.51. The molecular formula is C20H21N3O. The Bertz CT molecular complexity index is 876. The van der Waals surface area contributed by atoms with Gasteiger partial charge in [0.25, 0.3) is 0 Å². The first-order chi connectivity index (χ1) is 11.8. The first kappa shape index (κ1) is 14.9. The summed E-state index contributed by atoms with van der Waals surface area (Å²) in [6.07, 6.45) is 5.78. The molecule has 0 fully saturated rings. The lowest BCUT2D eigenvalue weighted by molar-refractivity contribution is -0.120. The first-order valence-corrected chi connectivity index (χ1v) is 8.58. The van der Waals surface area contributed by atoms with Crippen LogP contribution in [0.4, 0.5) is 0 Å². The molecule has 4 rings (SSSR count). The van der Waals surface area contributed by atoms with Crippen molar-refractivity contribution in [1.29, 1.82) is 0 Å². The lowest BCUT2D eigenvalue weighted by Gasteiger charge is -2.15. The van der Waals surface area contributed by atoms with Gasteiger partial charge in [-0.15, -0.1) is 0 Å². The minimum absolute atomic E-state index is 0.0575. The molecule has 1 aliphatic heterocycles. The third kappa shape index (κ3) is 2.92. The maximum atomic E-state index is 12.4. The number of rotatable bonds is 4. The molecule has 0 atom stereocenters. The third-order valence-corrected chi connectivity index (χ3v) is 4.78. The number of hydrogen-bond acceptors (Lipinski definition) is 2. The second-order valence-electron chi connectivity index (χ2n) is 6.39. The summed E-state index contributed by atoms with van der Waals surface area (Å²) in [6, 6.07) is 14.3. The summed E-state index contributed by atoms with van der Waals surface area (Å²) in [5, 5.41) is 9.81. The summed E-state index contributed by atoms with van der Waals surface area (Å²) < 4.78 is 2.08. The number of benzene rings is 2. The number of amides is 1. The van der Waals surface area contributed by atoms with Crippen LogP contribution in [0.25, 0.3) is 10.8 Å². The average Bonchev–Trinajstić information content (AvgIpc) is 3.04. The Hall–Kier alpha value is -2.62. The van der Waals surface area contributed by atoms with Gasteiger partial charge in [0, 0.05) is 24.3 Å². The summed E-state index contributed by atoms with van der Waals surface area (Å²) in [4.78, 5) is 12.4. The summed E-state index contributed by atoms with van der Waals surface area (Å²) >= 11 is 0. The smallest absolute Gasteiger partial charge is 0.224 e. The number of carbonyl (C=O) groups is 1. The lowest BCUT2D eigenvalue weighted by Crippen LogP contribution is -2.25. The van der Waals surface area contributed by atoms with Gasteiger partial charge in [0.15, 0.2) is 0 Å². The van der Waals surface area contributed by atoms with Crippen LogP contribution in [0.2, 0.25) is 0 Å². The van der Waals surface area contributed by atoms with Crippen LogP contribution in [0.15, 0.2) is 48.7 Å². The molecule has 1 N–H and O–H groups in total. The molecule has 1 aromatic heterocycles. The highest BCUT2D eigenvalue weighted by Gasteiger charge is 2.15. The zero-order valence-electron chi connectivity index (χ0n) is 13.7. The van der Waals surface area contributed by atoms with Gasteiger partial charge >= 0.3 is 0 Å². The van der Waals surface area contributed by atoms with Crippen molar-refractivity contribution in [2.24, 2.45) is 0 Å². The van der Waals surface area contributed by atoms with E-state index in [1.165, 1.54) is 23.9 Å². The van der Waals surface area contributed by atoms with E-state index in [9.17, 15) is 4.79 Å². The Morgan fingerprint density at radius 2 is 1.96 bits per heavy atom. The van der Waals surface area contributed by atoms with Crippen LogP contribution in [-0.2, 0) is 30.7 Å². The van der Waals surface area contributed by atoms with Crippen molar-refractivity contribution in [2.75, 3.05) is 0 Å². The van der Waals surface area contributed by atoms with Gasteiger partial charge in [-0.1, -0.05) is 42.5 Å². The molecule has 0 saturated carbocycles. The number of nitrogens with one attached hydrogen (secondary N) is 1. The van der Waals surface area contributed by atoms with Crippen molar-refractivity contribution in [2.45, 2.75) is 38.8 Å². The highest BCUT2D eigenvalue weighted by Crippen LogP contribution is 2.20. The Kier molecular flexibility index (Phi) is 4.03. The third-order valence-electron chi connectivity index (χ3n) is 4.78. The summed E-state index contributed by atoms with van der Waals surface area (Å²) in [6.45, 7) is 1.57. The van der Waals surface area contributed by atoms with Gasteiger partial charge in [-0.05, 0) is 35.6 Å². The van der Waals surface area contributed by atoms with Crippen molar-refractivity contribution >= 4 is 16.7 Å². The predicted octanol–water partition coefficient (Wildman–Crippen LogP) is 3.23. The van der Waals surface area contributed by atoms with Crippen LogP contribution in [-0.4, -0.2) is 15.7 Å². The standard InChI is InChI=1S/C20H21N3O/c24-20(12-16-8-5-7-15-6-1-2-9-18(15)16)21-13-17-14-22-23-11-4-3-10-19(17)23/h1-2,5-9,14H,3-4,10-13H2,(H,21,24). The number of aromatic nitrogens is 2. The molecule has 122 valence electrons. The molecule has 0 unspecified atom stereocenters. The number of fused-ring (bicyclic) bond motifs is 2. The Balaban J connectivity index is 1.44. The van der Waals surface area contributed by atoms with Gasteiger partial charge in [-0.25, -0.2) is 0 Å². The number of nitrogens with zero attached hydrogens (tertiary/aromatic N) is 2. The normalized spacial score (nSPS) is 13.7. The van der Waals surface area contributed by atoms with Crippen LogP contribution < -0.4 is 5.32 Å². The topological polar surface area (TPSA) is 46.9 Å². The van der Waals surface area contributed by atoms with Gasteiger partial charge in [-0.3, -0.25) is 9.48 Å². The van der Waals surface area contributed by atoms with Crippen LogP contribution in [0.3, 0.4) is 0 Å². The molecule has 0 spiro atoms. The van der Waals surface area contributed by atoms with Crippen LogP contribution in [0, 0.1) is 0 Å². The highest BCUT2D eigenvalue weighted by atomic mass is 16.1. The molecule has 3 aromatic rings. The van der Waals surface area contributed by atoms with Crippen molar-refractivity contribution in [3.05, 3.63) is 65.5 Å². The van der Waals surface area contributed by atoms with Gasteiger partial charge in [-0.2, -0.15) is 5.10 Å². The van der Waals surface area contributed by atoms with Gasteiger partial charge in [0.05, 0.1) is 12.6 Å². The van der Waals surface area contributed by atoms with E-state index < -0.39 is 0 Å². The van der Waals surface area contributed by atoms with Crippen molar-refractivity contribution < 1.29 is 4.79 Å². The van der Waals surface area contributed by atoms with Crippen LogP contribution in [0.5, 0.6) is 0 Å². The minimum Gasteiger partial charge on any atom is -0.352 e. The Morgan fingerprint density at radius 1 is 1.08 bits per heavy atom. The lowest BCUT2D eigenvalue weighted by atomic mass is 10.0. The summed E-state index contributed by atoms with van der Waals surface area (Å²) in [5.74, 6) is 0.0575. The molecule has 0 radical (unpaired) electrons. The first-order valence-electron chi connectivity index (χ1n) is 8.58. The van der Waals surface area contributed by atoms with Crippen molar-refractivity contribution in [1.82, 2.24) is 15.1 Å². The Labute approximate surface area is 141 Å². The molecule has 2 aromatic carbocycles. The van der Waals surface area contributed by atoms with E-state index in [0.29, 0.717) is 13.0 Å². The largest absolute Gasteiger partial charge is 0.352 e. The van der Waals surface area contributed by atoms with Crippen LogP contribution in [0.1, 0.15) is 29.7 Å². The quantitative estimate of drug-likeness (QED) is 0.802. The fraction of sp³-hybridized carbons (Fsp3) is 0.300. The van der Waals surface area contributed by atoms with Gasteiger partial charge in [0.2, 0.25) is 5.91 Å². The van der Waals surface area contributed by atoms with Gasteiger partial charge in [0.1, 0.15) is 0 Å². The van der Waals surface area contributed by atoms with E-state index in [-0.39, 0.29) is 5.91 Å². The van der Waals surface area contributed by atoms with E-state index in [0.717, 1.165) is 29.5 Å². The molecule has 0 saturated heterocycles. The zero-order valence-corrected chi connectivity index (χ0v) is 13.7. The van der Waals surface area contributed by atoms with Gasteiger partial charge < -0.3 is 5.32 Å². The van der Waals surface area contributed by atoms with Crippen molar-refractivity contribution in [3.8, 4) is 0 Å². The highest BCUT2D eigenvalue weighted by molar-refractivity contribution is 5.90. The molecule has 4 nitrogen and oxygen atoms in total. The molecular weight excluding hydrogens is 298 g/mol. The molecule has 24 heavy (non-hydrogen) atoms. The average molecular weight is 319 g/mol. The molecule has 1 aliphatic rings. The molecule has 2 heterocycles. The fourth-order valence-corrected chi connectivity index (χ4v) is 3.51. The second-order valence-corrected chi connectivity index (χ2v) is 6.39. The second kappa shape index (κ2) is 6.48. The van der Waals surface area contributed by atoms with E-state index in [2.05, 4.69) is 33.3 Å². The maximum Gasteiger partial charge on any atom is 0.224 e. The molecule has 0 bridgehead atoms. The van der Waals surface area contributed by atoms with E-state index in [1.807, 2.05) is 30.5 Å². The van der Waals surface area contributed by atoms with Crippen LogP contribution >= 0.6 is 0 Å². The number of carbonyl (C=O) groups excluding carboxylic acids is 1. The fourth-order valence-electron chi connectivity index (χ4n) is 3.51. The van der Waals surface area contributed by atoms with E-state index >= 15 is 0 Å². The predicted molar refractivity (Wildman–Crippen MR) is 94.7 cm³/mol. The Morgan fingerprint density at radius 3 is 2.92 bits per heavy atom. The summed E-state index contributed by atoms with van der Waals surface area (Å²) in [7, 11) is 0. The SMILES string of the molecule is O=C(Cc1cccc2ccccc12)NCc1cnn2c1CCCC2. The van der Waals surface area contributed by atoms with Crippen molar-refractivity contribution in [3.63, 3.8) is 0 Å². The zero-order chi connectivity index (χ0) is 16.4. The minimum atomic E-state index is 0.0575. The maximum absolute atomic E-state index is 12.4. The monoisotopic (exact) mass is 319 g/mol. The van der Waals surface area contributed by atoms with E-state index in [4.69, 9.17) is 0 Å². The molecule has 0 aliphatic carbocycles. The van der Waals surface area contributed by atoms with E-state index in [1.54, 1.807) is 0 Å². The number of hydrogen-bond donors (Lipinski definition) is 1. The number of aryl methyl sites for hydroxylation is 1. The molecule has 4 heteroatoms. The molecule has 1 amide bonds.